The molecule has 3 heteroatoms. The van der Waals surface area contributed by atoms with Gasteiger partial charge in [0, 0.05) is 19.0 Å². The monoisotopic (exact) mass is 181 g/mol. The molecule has 0 aromatic heterocycles. The number of ether oxygens (including phenoxy) is 1. The zero-order chi connectivity index (χ0) is 8.81. The van der Waals surface area contributed by atoms with Crippen LogP contribution < -0.4 is 0 Å². The molecule has 0 saturated carbocycles. The predicted molar refractivity (Wildman–Crippen MR) is 49.1 cm³/mol. The van der Waals surface area contributed by atoms with Gasteiger partial charge in [0.2, 0.25) is 0 Å². The molecule has 0 aliphatic heterocycles. The summed E-state index contributed by atoms with van der Waals surface area (Å²) < 4.78 is 4.62. The molecule has 0 N–H and O–H groups in total. The molecule has 63 valence electrons. The minimum atomic E-state index is -0.633. The van der Waals surface area contributed by atoms with Crippen molar-refractivity contribution in [3.05, 3.63) is 35.9 Å². The maximum Gasteiger partial charge on any atom is 0.400 e. The molecule has 0 aliphatic carbocycles. The maximum atomic E-state index is 10.2. The molecule has 1 aromatic rings. The Labute approximate surface area is 77.0 Å². The van der Waals surface area contributed by atoms with E-state index in [-0.39, 0.29) is 0 Å². The van der Waals surface area contributed by atoms with Crippen molar-refractivity contribution < 1.29 is 9.53 Å². The number of rotatable bonds is 3. The minimum absolute atomic E-state index is 0.367. The Hall–Kier alpha value is -1.09. The normalized spacial score (nSPS) is 9.33. The molecule has 12 heavy (non-hydrogen) atoms. The second-order valence-corrected chi connectivity index (χ2v) is 2.67. The van der Waals surface area contributed by atoms with Gasteiger partial charge in [-0.1, -0.05) is 30.3 Å². The number of hydrogen-bond acceptors (Lipinski definition) is 2. The van der Waals surface area contributed by atoms with E-state index in [4.69, 9.17) is 0 Å². The van der Waals surface area contributed by atoms with Crippen LogP contribution >= 0.6 is 12.6 Å². The lowest BCUT2D eigenvalue weighted by molar-refractivity contribution is 0.177. The van der Waals surface area contributed by atoms with Gasteiger partial charge in [-0.15, -0.1) is 0 Å². The third-order valence-electron chi connectivity index (χ3n) is 1.45. The van der Waals surface area contributed by atoms with Crippen molar-refractivity contribution in [2.45, 2.75) is 6.42 Å². The van der Waals surface area contributed by atoms with Crippen molar-refractivity contribution in [2.75, 3.05) is 6.61 Å². The Morgan fingerprint density at radius 3 is 2.58 bits per heavy atom. The second kappa shape index (κ2) is 4.72. The van der Waals surface area contributed by atoms with Crippen LogP contribution in [0.1, 0.15) is 5.56 Å². The fourth-order valence-corrected chi connectivity index (χ4v) is 0.980. The van der Waals surface area contributed by atoms with Gasteiger partial charge in [-0.2, -0.15) is 0 Å². The van der Waals surface area contributed by atoms with Crippen molar-refractivity contribution in [1.82, 2.24) is 0 Å². The van der Waals surface area contributed by atoms with Crippen molar-refractivity contribution in [3.63, 3.8) is 0 Å². The summed E-state index contributed by atoms with van der Waals surface area (Å²) in [5.74, 6) is 0. The summed E-state index contributed by atoms with van der Waals surface area (Å²) in [6.07, 6.45) is 0.725. The van der Waals surface area contributed by atoms with Crippen LogP contribution in [0.15, 0.2) is 30.3 Å². The number of benzene rings is 1. The lowest BCUT2D eigenvalue weighted by Crippen LogP contribution is -1.99. The predicted octanol–water partition coefficient (Wildman–Crippen LogP) is 2.56. The maximum absolute atomic E-state index is 10.2. The highest BCUT2D eigenvalue weighted by Gasteiger charge is 1.95. The van der Waals surface area contributed by atoms with Crippen LogP contribution in [0.4, 0.5) is 4.79 Å². The fourth-order valence-electron chi connectivity index (χ4n) is 0.897. The van der Waals surface area contributed by atoms with Gasteiger partial charge in [0.15, 0.2) is 0 Å². The van der Waals surface area contributed by atoms with Crippen molar-refractivity contribution in [3.8, 4) is 0 Å². The first kappa shape index (κ1) is 9.00. The van der Waals surface area contributed by atoms with E-state index in [1.807, 2.05) is 30.3 Å². The molecular formula is C9H9O2S. The first-order valence-corrected chi connectivity index (χ1v) is 4.07. The van der Waals surface area contributed by atoms with Gasteiger partial charge in [0.25, 0.3) is 0 Å². The number of carbonyl (C=O) groups is 1. The molecule has 1 aromatic carbocycles. The van der Waals surface area contributed by atoms with Gasteiger partial charge in [-0.25, -0.2) is 4.79 Å². The highest BCUT2D eigenvalue weighted by molar-refractivity contribution is 7.96. The highest BCUT2D eigenvalue weighted by atomic mass is 32.1. The zero-order valence-electron chi connectivity index (χ0n) is 6.53. The van der Waals surface area contributed by atoms with Crippen LogP contribution in [0.5, 0.6) is 0 Å². The van der Waals surface area contributed by atoms with Gasteiger partial charge in [0.1, 0.15) is 0 Å². The zero-order valence-corrected chi connectivity index (χ0v) is 7.34. The van der Waals surface area contributed by atoms with Crippen LogP contribution in [-0.4, -0.2) is 11.9 Å². The summed E-state index contributed by atoms with van der Waals surface area (Å²) in [6.45, 7) is 0.367. The summed E-state index contributed by atoms with van der Waals surface area (Å²) in [5, 5.41) is -0.633. The SMILES string of the molecule is O=C([S])OCCc1ccccc1. The third kappa shape index (κ3) is 3.34. The largest absolute Gasteiger partial charge is 0.454 e. The summed E-state index contributed by atoms with van der Waals surface area (Å²) in [5.41, 5.74) is 1.15. The summed E-state index contributed by atoms with van der Waals surface area (Å²) in [6, 6.07) is 9.81. The summed E-state index contributed by atoms with van der Waals surface area (Å²) in [7, 11) is 0. The summed E-state index contributed by atoms with van der Waals surface area (Å²) >= 11 is 4.23. The molecular weight excluding hydrogens is 172 g/mol. The topological polar surface area (TPSA) is 26.3 Å². The second-order valence-electron chi connectivity index (χ2n) is 2.33. The van der Waals surface area contributed by atoms with Gasteiger partial charge in [0.05, 0.1) is 6.61 Å². The van der Waals surface area contributed by atoms with E-state index in [1.165, 1.54) is 0 Å². The minimum Gasteiger partial charge on any atom is -0.454 e. The van der Waals surface area contributed by atoms with Gasteiger partial charge < -0.3 is 4.74 Å². The van der Waals surface area contributed by atoms with Gasteiger partial charge in [-0.3, -0.25) is 0 Å². The van der Waals surface area contributed by atoms with Crippen LogP contribution in [0, 0.1) is 0 Å². The van der Waals surface area contributed by atoms with Crippen LogP contribution in [0.3, 0.4) is 0 Å². The Morgan fingerprint density at radius 2 is 2.00 bits per heavy atom. The van der Waals surface area contributed by atoms with Gasteiger partial charge >= 0.3 is 5.30 Å². The molecule has 0 aliphatic rings. The molecule has 1 rings (SSSR count). The first-order chi connectivity index (χ1) is 5.79. The highest BCUT2D eigenvalue weighted by Crippen LogP contribution is 2.00. The third-order valence-corrected chi connectivity index (χ3v) is 1.57. The first-order valence-electron chi connectivity index (χ1n) is 3.67. The molecule has 0 atom stereocenters. The van der Waals surface area contributed by atoms with Crippen molar-refractivity contribution in [1.29, 1.82) is 0 Å². The Kier molecular flexibility index (Phi) is 3.54. The molecule has 0 fully saturated rings. The van der Waals surface area contributed by atoms with Gasteiger partial charge in [-0.05, 0) is 5.56 Å². The van der Waals surface area contributed by atoms with Crippen LogP contribution in [0.2, 0.25) is 0 Å². The van der Waals surface area contributed by atoms with E-state index >= 15 is 0 Å². The Balaban J connectivity index is 2.29. The van der Waals surface area contributed by atoms with E-state index in [2.05, 4.69) is 17.4 Å². The Morgan fingerprint density at radius 1 is 1.33 bits per heavy atom. The average molecular weight is 181 g/mol. The number of carbonyl (C=O) groups excluding carboxylic acids is 1. The van der Waals surface area contributed by atoms with E-state index in [0.29, 0.717) is 6.61 Å². The van der Waals surface area contributed by atoms with Crippen molar-refractivity contribution in [2.24, 2.45) is 0 Å². The molecule has 0 bridgehead atoms. The molecule has 0 saturated heterocycles. The lowest BCUT2D eigenvalue weighted by Gasteiger charge is -1.99. The Bertz CT molecular complexity index is 246. The quantitative estimate of drug-likeness (QED) is 0.670. The fraction of sp³-hybridized carbons (Fsp3) is 0.222. The molecule has 0 spiro atoms. The smallest absolute Gasteiger partial charge is 0.400 e. The lowest BCUT2D eigenvalue weighted by atomic mass is 10.2. The molecule has 1 radical (unpaired) electrons. The van der Waals surface area contributed by atoms with Crippen molar-refractivity contribution >= 4 is 17.9 Å². The standard InChI is InChI=1S/C9H9O2S/c10-9(12)11-7-6-8-4-2-1-3-5-8/h1-5H,6-7H2. The van der Waals surface area contributed by atoms with E-state index in [9.17, 15) is 4.79 Å². The van der Waals surface area contributed by atoms with E-state index in [0.717, 1.165) is 12.0 Å². The summed E-state index contributed by atoms with van der Waals surface area (Å²) in [4.78, 5) is 10.2. The molecule has 2 nitrogen and oxygen atoms in total. The van der Waals surface area contributed by atoms with E-state index in [1.54, 1.807) is 0 Å². The van der Waals surface area contributed by atoms with Crippen LogP contribution in [0.25, 0.3) is 0 Å². The molecule has 0 amide bonds. The molecule has 0 heterocycles. The van der Waals surface area contributed by atoms with Crippen LogP contribution in [-0.2, 0) is 11.2 Å². The van der Waals surface area contributed by atoms with E-state index < -0.39 is 5.30 Å². The molecule has 0 unspecified atom stereocenters. The number of hydrogen-bond donors (Lipinski definition) is 0. The average Bonchev–Trinajstić information content (AvgIpc) is 2.05.